The van der Waals surface area contributed by atoms with Gasteiger partial charge in [0, 0.05) is 11.6 Å². The Hall–Kier alpha value is -2.15. The van der Waals surface area contributed by atoms with Gasteiger partial charge in [0.25, 0.3) is 11.6 Å². The lowest BCUT2D eigenvalue weighted by Crippen LogP contribution is -2.41. The third-order valence-corrected chi connectivity index (χ3v) is 3.91. The molecule has 3 N–H and O–H groups in total. The summed E-state index contributed by atoms with van der Waals surface area (Å²) in [4.78, 5) is 22.4. The highest BCUT2D eigenvalue weighted by Gasteiger charge is 2.41. The molecule has 0 aliphatic carbocycles. The average molecular weight is 277 g/mol. The van der Waals surface area contributed by atoms with Gasteiger partial charge in [-0.1, -0.05) is 0 Å². The molecule has 0 saturated carbocycles. The average Bonchev–Trinajstić information content (AvgIpc) is 3.01. The molecule has 1 amide bonds. The molecule has 20 heavy (non-hydrogen) atoms. The van der Waals surface area contributed by atoms with Gasteiger partial charge in [0.1, 0.15) is 5.69 Å². The van der Waals surface area contributed by atoms with E-state index in [0.717, 1.165) is 19.3 Å². The van der Waals surface area contributed by atoms with Crippen LogP contribution in [-0.4, -0.2) is 29.1 Å². The zero-order chi connectivity index (χ0) is 14.3. The van der Waals surface area contributed by atoms with Crippen molar-refractivity contribution in [2.24, 2.45) is 0 Å². The number of hydrogen-bond donors (Lipinski definition) is 2. The minimum absolute atomic E-state index is 0.00198. The Labute approximate surface area is 115 Å². The number of fused-ring (bicyclic) bond motifs is 2. The first kappa shape index (κ1) is 12.9. The van der Waals surface area contributed by atoms with E-state index >= 15 is 0 Å². The second kappa shape index (κ2) is 4.75. The number of nitrogens with one attached hydrogen (secondary N) is 1. The molecule has 3 atom stereocenters. The predicted octanol–water partition coefficient (Wildman–Crippen LogP) is 1.23. The smallest absolute Gasteiger partial charge is 0.292 e. The number of carbonyl (C=O) groups is 1. The third-order valence-electron chi connectivity index (χ3n) is 3.91. The molecule has 2 aliphatic heterocycles. The van der Waals surface area contributed by atoms with Crippen LogP contribution in [0, 0.1) is 10.1 Å². The Kier molecular flexibility index (Phi) is 3.06. The summed E-state index contributed by atoms with van der Waals surface area (Å²) in [6.07, 6.45) is 3.13. The van der Waals surface area contributed by atoms with Crippen LogP contribution in [0.3, 0.4) is 0 Å². The molecule has 2 bridgehead atoms. The molecule has 2 aliphatic rings. The molecule has 1 aromatic rings. The van der Waals surface area contributed by atoms with Crippen molar-refractivity contribution in [1.29, 1.82) is 0 Å². The van der Waals surface area contributed by atoms with Gasteiger partial charge >= 0.3 is 0 Å². The van der Waals surface area contributed by atoms with Crippen LogP contribution < -0.4 is 11.1 Å². The topological polar surface area (TPSA) is 107 Å². The predicted molar refractivity (Wildman–Crippen MR) is 71.3 cm³/mol. The minimum atomic E-state index is -0.591. The fourth-order valence-electron chi connectivity index (χ4n) is 2.88. The van der Waals surface area contributed by atoms with Gasteiger partial charge < -0.3 is 15.8 Å². The van der Waals surface area contributed by atoms with Crippen molar-refractivity contribution in [3.8, 4) is 0 Å². The van der Waals surface area contributed by atoms with Gasteiger partial charge in [0.2, 0.25) is 0 Å². The first-order chi connectivity index (χ1) is 9.54. The molecular weight excluding hydrogens is 262 g/mol. The molecule has 3 unspecified atom stereocenters. The summed E-state index contributed by atoms with van der Waals surface area (Å²) in [5, 5.41) is 13.7. The highest BCUT2D eigenvalue weighted by atomic mass is 16.6. The van der Waals surface area contributed by atoms with Crippen molar-refractivity contribution < 1.29 is 14.5 Å². The highest BCUT2D eigenvalue weighted by molar-refractivity contribution is 5.95. The molecule has 0 spiro atoms. The van der Waals surface area contributed by atoms with Crippen LogP contribution in [0.4, 0.5) is 11.4 Å². The first-order valence-electron chi connectivity index (χ1n) is 6.55. The molecule has 0 radical (unpaired) electrons. The van der Waals surface area contributed by atoms with Crippen LogP contribution in [0.1, 0.15) is 29.6 Å². The maximum atomic E-state index is 12.1. The molecule has 106 valence electrons. The SMILES string of the molecule is Nc1ccc(C(=O)NC2CC3CCC2O3)cc1[N+](=O)[O-]. The summed E-state index contributed by atoms with van der Waals surface area (Å²) < 4.78 is 5.66. The van der Waals surface area contributed by atoms with E-state index in [1.807, 2.05) is 0 Å². The number of nitrogen functional groups attached to an aromatic ring is 1. The largest absolute Gasteiger partial charge is 0.393 e. The minimum Gasteiger partial charge on any atom is -0.393 e. The molecule has 2 heterocycles. The van der Waals surface area contributed by atoms with Crippen LogP contribution in [0.2, 0.25) is 0 Å². The third kappa shape index (κ3) is 2.20. The van der Waals surface area contributed by atoms with Gasteiger partial charge in [0.15, 0.2) is 0 Å². The van der Waals surface area contributed by atoms with Crippen LogP contribution in [0.5, 0.6) is 0 Å². The van der Waals surface area contributed by atoms with Gasteiger partial charge in [-0.2, -0.15) is 0 Å². The number of nitro groups is 1. The number of rotatable bonds is 3. The lowest BCUT2D eigenvalue weighted by Gasteiger charge is -2.20. The standard InChI is InChI=1S/C13H15N3O4/c14-9-3-1-7(5-11(9)16(18)19)13(17)15-10-6-8-2-4-12(10)20-8/h1,3,5,8,10,12H,2,4,6,14H2,(H,15,17). The van der Waals surface area contributed by atoms with Crippen molar-refractivity contribution in [3.05, 3.63) is 33.9 Å². The zero-order valence-corrected chi connectivity index (χ0v) is 10.7. The van der Waals surface area contributed by atoms with Gasteiger partial charge in [-0.25, -0.2) is 0 Å². The Morgan fingerprint density at radius 1 is 1.45 bits per heavy atom. The molecule has 1 aromatic carbocycles. The summed E-state index contributed by atoms with van der Waals surface area (Å²) in [5.41, 5.74) is 5.56. The van der Waals surface area contributed by atoms with Gasteiger partial charge in [-0.05, 0) is 31.4 Å². The van der Waals surface area contributed by atoms with Crippen LogP contribution >= 0.6 is 0 Å². The molecule has 0 aromatic heterocycles. The maximum absolute atomic E-state index is 12.1. The molecule has 7 nitrogen and oxygen atoms in total. The Morgan fingerprint density at radius 2 is 2.25 bits per heavy atom. The first-order valence-corrected chi connectivity index (χ1v) is 6.55. The fourth-order valence-corrected chi connectivity index (χ4v) is 2.88. The molecule has 7 heteroatoms. The number of nitrogens with zero attached hydrogens (tertiary/aromatic N) is 1. The number of benzene rings is 1. The molecule has 2 fully saturated rings. The fraction of sp³-hybridized carbons (Fsp3) is 0.462. The van der Waals surface area contributed by atoms with Crippen molar-refractivity contribution in [1.82, 2.24) is 5.32 Å². The van der Waals surface area contributed by atoms with E-state index in [0.29, 0.717) is 0 Å². The number of ether oxygens (including phenoxy) is 1. The normalized spacial score (nSPS) is 27.5. The van der Waals surface area contributed by atoms with E-state index in [1.54, 1.807) is 0 Å². The summed E-state index contributed by atoms with van der Waals surface area (Å²) >= 11 is 0. The number of amides is 1. The summed E-state index contributed by atoms with van der Waals surface area (Å²) in [7, 11) is 0. The Morgan fingerprint density at radius 3 is 2.85 bits per heavy atom. The summed E-state index contributed by atoms with van der Waals surface area (Å²) in [6, 6.07) is 4.08. The monoisotopic (exact) mass is 277 g/mol. The van der Waals surface area contributed by atoms with Gasteiger partial charge in [-0.15, -0.1) is 0 Å². The van der Waals surface area contributed by atoms with E-state index in [1.165, 1.54) is 18.2 Å². The van der Waals surface area contributed by atoms with Crippen molar-refractivity contribution in [3.63, 3.8) is 0 Å². The second-order valence-electron chi connectivity index (χ2n) is 5.22. The Bertz CT molecular complexity index is 575. The number of hydrogen-bond acceptors (Lipinski definition) is 5. The van der Waals surface area contributed by atoms with Crippen LogP contribution in [-0.2, 0) is 4.74 Å². The molecular formula is C13H15N3O4. The van der Waals surface area contributed by atoms with Gasteiger partial charge in [0.05, 0.1) is 23.2 Å². The van der Waals surface area contributed by atoms with Crippen LogP contribution in [0.25, 0.3) is 0 Å². The Balaban J connectivity index is 1.74. The van der Waals surface area contributed by atoms with E-state index in [-0.39, 0.29) is 41.1 Å². The van der Waals surface area contributed by atoms with E-state index < -0.39 is 4.92 Å². The highest BCUT2D eigenvalue weighted by Crippen LogP contribution is 2.34. The lowest BCUT2D eigenvalue weighted by molar-refractivity contribution is -0.383. The lowest BCUT2D eigenvalue weighted by atomic mass is 9.95. The summed E-state index contributed by atoms with van der Waals surface area (Å²) in [6.45, 7) is 0. The van der Waals surface area contributed by atoms with E-state index in [9.17, 15) is 14.9 Å². The zero-order valence-electron chi connectivity index (χ0n) is 10.7. The van der Waals surface area contributed by atoms with E-state index in [2.05, 4.69) is 5.32 Å². The second-order valence-corrected chi connectivity index (χ2v) is 5.22. The number of carbonyl (C=O) groups excluding carboxylic acids is 1. The van der Waals surface area contributed by atoms with Crippen LogP contribution in [0.15, 0.2) is 18.2 Å². The quantitative estimate of drug-likeness (QED) is 0.491. The number of nitro benzene ring substituents is 1. The van der Waals surface area contributed by atoms with E-state index in [4.69, 9.17) is 10.5 Å². The summed E-state index contributed by atoms with van der Waals surface area (Å²) in [5.74, 6) is -0.325. The number of nitrogens with two attached hydrogens (primary N) is 1. The van der Waals surface area contributed by atoms with Crippen molar-refractivity contribution in [2.45, 2.75) is 37.5 Å². The maximum Gasteiger partial charge on any atom is 0.292 e. The van der Waals surface area contributed by atoms with Gasteiger partial charge in [-0.3, -0.25) is 14.9 Å². The van der Waals surface area contributed by atoms with Crippen molar-refractivity contribution in [2.75, 3.05) is 5.73 Å². The number of anilines is 1. The van der Waals surface area contributed by atoms with Crippen molar-refractivity contribution >= 4 is 17.3 Å². The molecule has 3 rings (SSSR count). The molecule has 2 saturated heterocycles.